The van der Waals surface area contributed by atoms with Crippen LogP contribution < -0.4 is 11.1 Å². The molecule has 0 bridgehead atoms. The van der Waals surface area contributed by atoms with Gasteiger partial charge in [0, 0.05) is 36.2 Å². The Hall–Kier alpha value is -2.38. The molecule has 0 saturated heterocycles. The van der Waals surface area contributed by atoms with Crippen LogP contribution in [0.5, 0.6) is 0 Å². The highest BCUT2D eigenvalue weighted by molar-refractivity contribution is 8.15. The van der Waals surface area contributed by atoms with Gasteiger partial charge in [-0.1, -0.05) is 41.6 Å². The highest BCUT2D eigenvalue weighted by atomic mass is 32.2. The van der Waals surface area contributed by atoms with Crippen molar-refractivity contribution in [2.24, 2.45) is 16.8 Å². The Morgan fingerprint density at radius 2 is 2.18 bits per heavy atom. The first-order valence-corrected chi connectivity index (χ1v) is 10.2. The summed E-state index contributed by atoms with van der Waals surface area (Å²) in [4.78, 5) is 11.9. The lowest BCUT2D eigenvalue weighted by atomic mass is 9.84. The summed E-state index contributed by atoms with van der Waals surface area (Å²) in [5, 5.41) is 10.1. The molecule has 4 rings (SSSR count). The van der Waals surface area contributed by atoms with E-state index in [0.29, 0.717) is 23.7 Å². The number of hydrogen-bond acceptors (Lipinski definition) is 5. The van der Waals surface area contributed by atoms with Crippen LogP contribution in [-0.4, -0.2) is 29.0 Å². The van der Waals surface area contributed by atoms with Crippen LogP contribution in [0.25, 0.3) is 0 Å². The number of carbonyl (C=O) groups excluding carboxylic acids is 1. The smallest absolute Gasteiger partial charge is 0.241 e. The Labute approximate surface area is 168 Å². The van der Waals surface area contributed by atoms with Gasteiger partial charge in [-0.15, -0.1) is 0 Å². The van der Waals surface area contributed by atoms with Crippen molar-refractivity contribution >= 4 is 28.4 Å². The third-order valence-electron chi connectivity index (χ3n) is 5.33. The van der Waals surface area contributed by atoms with Crippen LogP contribution in [0.3, 0.4) is 0 Å². The number of halogens is 1. The lowest BCUT2D eigenvalue weighted by molar-refractivity contribution is -0.133. The summed E-state index contributed by atoms with van der Waals surface area (Å²) in [5.41, 5.74) is 9.22. The van der Waals surface area contributed by atoms with Gasteiger partial charge in [-0.2, -0.15) is 5.10 Å². The van der Waals surface area contributed by atoms with E-state index in [1.54, 1.807) is 12.1 Å². The van der Waals surface area contributed by atoms with Crippen LogP contribution in [0.1, 0.15) is 30.0 Å². The van der Waals surface area contributed by atoms with E-state index in [2.05, 4.69) is 10.4 Å². The average Bonchev–Trinajstić information content (AvgIpc) is 3.08. The Kier molecular flexibility index (Phi) is 4.89. The van der Waals surface area contributed by atoms with E-state index in [1.807, 2.05) is 31.2 Å². The third-order valence-corrected chi connectivity index (χ3v) is 6.86. The molecule has 2 aromatic rings. The molecule has 0 fully saturated rings. The Bertz CT molecular complexity index is 963. The molecule has 28 heavy (non-hydrogen) atoms. The predicted molar refractivity (Wildman–Crippen MR) is 112 cm³/mol. The second-order valence-corrected chi connectivity index (χ2v) is 8.43. The van der Waals surface area contributed by atoms with Crippen molar-refractivity contribution in [1.29, 1.82) is 0 Å². The maximum Gasteiger partial charge on any atom is 0.241 e. The van der Waals surface area contributed by atoms with Gasteiger partial charge in [0.15, 0.2) is 0 Å². The topological polar surface area (TPSA) is 70.7 Å². The van der Waals surface area contributed by atoms with Crippen molar-refractivity contribution in [2.75, 3.05) is 18.4 Å². The first kappa shape index (κ1) is 19.0. The van der Waals surface area contributed by atoms with Crippen LogP contribution in [0.15, 0.2) is 47.6 Å². The van der Waals surface area contributed by atoms with Crippen molar-refractivity contribution in [3.8, 4) is 0 Å². The summed E-state index contributed by atoms with van der Waals surface area (Å²) < 4.78 is 14.6. The van der Waals surface area contributed by atoms with Crippen molar-refractivity contribution in [3.05, 3.63) is 65.0 Å². The molecule has 1 amide bonds. The van der Waals surface area contributed by atoms with E-state index in [1.165, 1.54) is 29.8 Å². The van der Waals surface area contributed by atoms with Crippen molar-refractivity contribution in [3.63, 3.8) is 0 Å². The fourth-order valence-corrected chi connectivity index (χ4v) is 5.65. The fourth-order valence-electron chi connectivity index (χ4n) is 4.06. The number of amides is 1. The summed E-state index contributed by atoms with van der Waals surface area (Å²) in [6.07, 6.45) is 0.719. The van der Waals surface area contributed by atoms with Gasteiger partial charge in [-0.3, -0.25) is 4.79 Å². The number of anilines is 1. The van der Waals surface area contributed by atoms with Gasteiger partial charge in [-0.05, 0) is 38.1 Å². The van der Waals surface area contributed by atoms with Crippen molar-refractivity contribution < 1.29 is 9.18 Å². The number of hydrazone groups is 1. The molecule has 0 radical (unpaired) electrons. The van der Waals surface area contributed by atoms with Gasteiger partial charge >= 0.3 is 0 Å². The minimum Gasteiger partial charge on any atom is -0.384 e. The number of thioether (sulfide) groups is 1. The van der Waals surface area contributed by atoms with E-state index in [4.69, 9.17) is 5.73 Å². The number of aryl methyl sites for hydroxylation is 1. The highest BCUT2D eigenvalue weighted by Gasteiger charge is 2.55. The number of nitrogens with zero attached hydrogens (tertiary/aromatic N) is 2. The average molecular weight is 399 g/mol. The molecule has 2 heterocycles. The van der Waals surface area contributed by atoms with Gasteiger partial charge < -0.3 is 11.1 Å². The van der Waals surface area contributed by atoms with Crippen LogP contribution in [0.4, 0.5) is 10.1 Å². The minimum absolute atomic E-state index is 0.0374. The van der Waals surface area contributed by atoms with Gasteiger partial charge in [0.05, 0.1) is 0 Å². The Morgan fingerprint density at radius 3 is 2.93 bits per heavy atom. The number of carbonyl (C=O) groups is 1. The summed E-state index contributed by atoms with van der Waals surface area (Å²) in [6, 6.07) is 12.9. The monoisotopic (exact) mass is 398 g/mol. The molecule has 2 aliphatic heterocycles. The number of hydrogen-bond donors (Lipinski definition) is 2. The lowest BCUT2D eigenvalue weighted by Gasteiger charge is -2.46. The quantitative estimate of drug-likeness (QED) is 0.828. The molecule has 2 atom stereocenters. The molecule has 2 unspecified atom stereocenters. The molecule has 5 nitrogen and oxygen atoms in total. The zero-order valence-electron chi connectivity index (χ0n) is 15.9. The molecule has 0 aromatic heterocycles. The number of nitrogens with two attached hydrogens (primary N) is 1. The molecule has 3 N–H and O–H groups in total. The molecule has 0 saturated carbocycles. The third kappa shape index (κ3) is 2.89. The number of fused-ring (bicyclic) bond motifs is 2. The molecule has 2 aliphatic rings. The number of rotatable bonds is 3. The van der Waals surface area contributed by atoms with E-state index < -0.39 is 4.87 Å². The first-order valence-electron chi connectivity index (χ1n) is 9.35. The first-order chi connectivity index (χ1) is 13.5. The zero-order valence-corrected chi connectivity index (χ0v) is 16.7. The van der Waals surface area contributed by atoms with Gasteiger partial charge in [0.1, 0.15) is 15.7 Å². The SMILES string of the molecule is CC(=O)N1N=C(c2cc(C)ccc2F)SC12c1ccccc1NCC2CCN. The number of para-hydroxylation sites is 1. The van der Waals surface area contributed by atoms with E-state index in [0.717, 1.165) is 23.2 Å². The maximum absolute atomic E-state index is 14.6. The molecule has 7 heteroatoms. The molecular weight excluding hydrogens is 375 g/mol. The second kappa shape index (κ2) is 7.22. The molecule has 0 aliphatic carbocycles. The van der Waals surface area contributed by atoms with E-state index in [-0.39, 0.29) is 17.6 Å². The summed E-state index contributed by atoms with van der Waals surface area (Å²) in [6.45, 7) is 4.59. The number of benzene rings is 2. The van der Waals surface area contributed by atoms with Gasteiger partial charge in [0.25, 0.3) is 0 Å². The standard InChI is InChI=1S/C21H23FN4OS/c1-13-7-8-18(22)16(11-13)20-25-26(14(2)27)21(28-20)15(9-10-23)12-24-19-6-4-3-5-17(19)21/h3-8,11,15,24H,9-10,12,23H2,1-2H3. The molecule has 146 valence electrons. The second-order valence-electron chi connectivity index (χ2n) is 7.22. The highest BCUT2D eigenvalue weighted by Crippen LogP contribution is 2.56. The largest absolute Gasteiger partial charge is 0.384 e. The van der Waals surface area contributed by atoms with Crippen LogP contribution >= 0.6 is 11.8 Å². The summed E-state index contributed by atoms with van der Waals surface area (Å²) in [5.74, 6) is -0.472. The van der Waals surface area contributed by atoms with Crippen LogP contribution in [0, 0.1) is 18.7 Å². The van der Waals surface area contributed by atoms with Crippen LogP contribution in [0.2, 0.25) is 0 Å². The fraction of sp³-hybridized carbons (Fsp3) is 0.333. The molecule has 1 spiro atoms. The normalized spacial score (nSPS) is 23.4. The molecular formula is C21H23FN4OS. The Morgan fingerprint density at radius 1 is 1.39 bits per heavy atom. The van der Waals surface area contributed by atoms with Crippen molar-refractivity contribution in [1.82, 2.24) is 5.01 Å². The van der Waals surface area contributed by atoms with E-state index >= 15 is 0 Å². The Balaban J connectivity index is 1.89. The maximum atomic E-state index is 14.6. The summed E-state index contributed by atoms with van der Waals surface area (Å²) in [7, 11) is 0. The minimum atomic E-state index is -0.738. The lowest BCUT2D eigenvalue weighted by Crippen LogP contribution is -2.51. The predicted octanol–water partition coefficient (Wildman–Crippen LogP) is 3.63. The number of nitrogens with one attached hydrogen (secondary N) is 1. The van der Waals surface area contributed by atoms with Crippen molar-refractivity contribution in [2.45, 2.75) is 25.1 Å². The van der Waals surface area contributed by atoms with E-state index in [9.17, 15) is 9.18 Å². The summed E-state index contributed by atoms with van der Waals surface area (Å²) >= 11 is 1.46. The van der Waals surface area contributed by atoms with Gasteiger partial charge in [0.2, 0.25) is 5.91 Å². The zero-order chi connectivity index (χ0) is 19.9. The van der Waals surface area contributed by atoms with Crippen LogP contribution in [-0.2, 0) is 9.67 Å². The van der Waals surface area contributed by atoms with Gasteiger partial charge in [-0.25, -0.2) is 9.40 Å². The molecule has 2 aromatic carbocycles.